The Morgan fingerprint density at radius 1 is 1.50 bits per heavy atom. The van der Waals surface area contributed by atoms with Gasteiger partial charge in [-0.3, -0.25) is 14.5 Å². The summed E-state index contributed by atoms with van der Waals surface area (Å²) in [6.45, 7) is 9.14. The quantitative estimate of drug-likeness (QED) is 0.912. The van der Waals surface area contributed by atoms with Gasteiger partial charge in [-0.15, -0.1) is 11.3 Å². The van der Waals surface area contributed by atoms with Crippen LogP contribution in [0.5, 0.6) is 0 Å². The van der Waals surface area contributed by atoms with Crippen molar-refractivity contribution < 1.29 is 9.59 Å². The summed E-state index contributed by atoms with van der Waals surface area (Å²) < 4.78 is 0. The third-order valence-corrected chi connectivity index (χ3v) is 4.18. The Bertz CT molecular complexity index is 502. The number of anilines is 1. The highest BCUT2D eigenvalue weighted by atomic mass is 32.1. The van der Waals surface area contributed by atoms with Gasteiger partial charge in [-0.05, 0) is 13.5 Å². The lowest BCUT2D eigenvalue weighted by Crippen LogP contribution is -2.53. The fraction of sp³-hybridized carbons (Fsp3) is 0.615. The van der Waals surface area contributed by atoms with Crippen LogP contribution in [0.4, 0.5) is 5.13 Å². The van der Waals surface area contributed by atoms with Crippen molar-refractivity contribution in [3.8, 4) is 0 Å². The van der Waals surface area contributed by atoms with E-state index in [0.29, 0.717) is 10.8 Å². The van der Waals surface area contributed by atoms with Crippen LogP contribution in [0, 0.1) is 0 Å². The number of carbonyl (C=O) groups is 2. The van der Waals surface area contributed by atoms with Crippen molar-refractivity contribution in [2.75, 3.05) is 31.5 Å². The van der Waals surface area contributed by atoms with Crippen molar-refractivity contribution in [3.63, 3.8) is 0 Å². The van der Waals surface area contributed by atoms with Gasteiger partial charge in [-0.2, -0.15) is 0 Å². The van der Waals surface area contributed by atoms with Crippen molar-refractivity contribution in [2.45, 2.75) is 26.8 Å². The second-order valence-corrected chi connectivity index (χ2v) is 5.82. The molecule has 2 amide bonds. The number of rotatable bonds is 3. The van der Waals surface area contributed by atoms with Gasteiger partial charge < -0.3 is 10.2 Å². The van der Waals surface area contributed by atoms with Gasteiger partial charge in [0.15, 0.2) is 5.13 Å². The molecule has 2 rings (SSSR count). The maximum Gasteiger partial charge on any atom is 0.273 e. The molecule has 1 fully saturated rings. The van der Waals surface area contributed by atoms with E-state index < -0.39 is 0 Å². The van der Waals surface area contributed by atoms with Crippen LogP contribution in [-0.2, 0) is 4.79 Å². The molecule has 6 nitrogen and oxygen atoms in total. The minimum absolute atomic E-state index is 0.0545. The molecule has 7 heteroatoms. The molecule has 1 N–H and O–H groups in total. The first-order valence-electron chi connectivity index (χ1n) is 6.77. The van der Waals surface area contributed by atoms with Crippen LogP contribution in [0.3, 0.4) is 0 Å². The van der Waals surface area contributed by atoms with Gasteiger partial charge in [0.1, 0.15) is 5.69 Å². The molecule has 2 heterocycles. The lowest BCUT2D eigenvalue weighted by atomic mass is 10.2. The number of nitrogens with zero attached hydrogens (tertiary/aromatic N) is 3. The van der Waals surface area contributed by atoms with E-state index in [0.717, 1.165) is 26.2 Å². The number of carbonyl (C=O) groups excluding carboxylic acids is 2. The molecule has 1 aliphatic rings. The second-order valence-electron chi connectivity index (χ2n) is 4.96. The van der Waals surface area contributed by atoms with Crippen LogP contribution < -0.4 is 5.32 Å². The SMILES string of the molecule is CCN1CCN(C(=O)c2csc(NC(C)=O)n2)C(C)C1. The first-order valence-corrected chi connectivity index (χ1v) is 7.65. The van der Waals surface area contributed by atoms with Crippen molar-refractivity contribution >= 4 is 28.3 Å². The number of nitrogens with one attached hydrogen (secondary N) is 1. The monoisotopic (exact) mass is 296 g/mol. The predicted molar refractivity (Wildman–Crippen MR) is 79.0 cm³/mol. The lowest BCUT2D eigenvalue weighted by molar-refractivity contribution is -0.114. The van der Waals surface area contributed by atoms with E-state index in [2.05, 4.69) is 29.0 Å². The number of hydrogen-bond donors (Lipinski definition) is 1. The Morgan fingerprint density at radius 2 is 2.25 bits per heavy atom. The van der Waals surface area contributed by atoms with Crippen LogP contribution in [0.25, 0.3) is 0 Å². The number of aromatic nitrogens is 1. The molecule has 0 aliphatic carbocycles. The summed E-state index contributed by atoms with van der Waals surface area (Å²) in [5.74, 6) is -0.232. The number of piperazine rings is 1. The van der Waals surface area contributed by atoms with Gasteiger partial charge in [-0.25, -0.2) is 4.98 Å². The molecule has 1 atom stereocenters. The molecule has 1 aromatic rings. The summed E-state index contributed by atoms with van der Waals surface area (Å²) in [7, 11) is 0. The van der Waals surface area contributed by atoms with Gasteiger partial charge in [-0.1, -0.05) is 6.92 Å². The maximum absolute atomic E-state index is 12.4. The molecule has 20 heavy (non-hydrogen) atoms. The zero-order valence-corrected chi connectivity index (χ0v) is 12.9. The highest BCUT2D eigenvalue weighted by Crippen LogP contribution is 2.19. The maximum atomic E-state index is 12.4. The van der Waals surface area contributed by atoms with Crippen LogP contribution in [0.2, 0.25) is 0 Å². The topological polar surface area (TPSA) is 65.5 Å². The second kappa shape index (κ2) is 6.32. The molecule has 0 aromatic carbocycles. The first-order chi connectivity index (χ1) is 9.51. The minimum Gasteiger partial charge on any atom is -0.332 e. The normalized spacial score (nSPS) is 19.9. The molecular formula is C13H20N4O2S. The van der Waals surface area contributed by atoms with E-state index in [4.69, 9.17) is 0 Å². The summed E-state index contributed by atoms with van der Waals surface area (Å²) in [5.41, 5.74) is 0.413. The zero-order chi connectivity index (χ0) is 14.7. The molecule has 1 aromatic heterocycles. The average molecular weight is 296 g/mol. The fourth-order valence-corrected chi connectivity index (χ4v) is 3.08. The van der Waals surface area contributed by atoms with Crippen LogP contribution in [0.15, 0.2) is 5.38 Å². The van der Waals surface area contributed by atoms with E-state index in [-0.39, 0.29) is 17.9 Å². The summed E-state index contributed by atoms with van der Waals surface area (Å²) in [6.07, 6.45) is 0. The van der Waals surface area contributed by atoms with Crippen LogP contribution in [0.1, 0.15) is 31.3 Å². The number of hydrogen-bond acceptors (Lipinski definition) is 5. The minimum atomic E-state index is -0.178. The largest absolute Gasteiger partial charge is 0.332 e. The van der Waals surface area contributed by atoms with Crippen molar-refractivity contribution in [2.24, 2.45) is 0 Å². The highest BCUT2D eigenvalue weighted by Gasteiger charge is 2.28. The van der Waals surface area contributed by atoms with Crippen molar-refractivity contribution in [1.82, 2.24) is 14.8 Å². The summed E-state index contributed by atoms with van der Waals surface area (Å²) in [5, 5.41) is 4.77. The fourth-order valence-electron chi connectivity index (χ4n) is 2.35. The molecule has 110 valence electrons. The highest BCUT2D eigenvalue weighted by molar-refractivity contribution is 7.14. The van der Waals surface area contributed by atoms with Gasteiger partial charge in [0, 0.05) is 38.0 Å². The van der Waals surface area contributed by atoms with Crippen LogP contribution in [-0.4, -0.2) is 58.8 Å². The summed E-state index contributed by atoms with van der Waals surface area (Å²) in [6, 6.07) is 0.183. The zero-order valence-electron chi connectivity index (χ0n) is 12.0. The molecule has 1 saturated heterocycles. The van der Waals surface area contributed by atoms with Gasteiger partial charge in [0.25, 0.3) is 5.91 Å². The Kier molecular flexibility index (Phi) is 4.72. The Hall–Kier alpha value is -1.47. The van der Waals surface area contributed by atoms with Crippen molar-refractivity contribution in [1.29, 1.82) is 0 Å². The molecule has 0 bridgehead atoms. The van der Waals surface area contributed by atoms with Crippen molar-refractivity contribution in [3.05, 3.63) is 11.1 Å². The van der Waals surface area contributed by atoms with Gasteiger partial charge >= 0.3 is 0 Å². The number of amides is 2. The Labute approximate surface area is 122 Å². The summed E-state index contributed by atoms with van der Waals surface area (Å²) >= 11 is 1.28. The number of thiazole rings is 1. The Morgan fingerprint density at radius 3 is 2.85 bits per heavy atom. The summed E-state index contributed by atoms with van der Waals surface area (Å²) in [4.78, 5) is 31.8. The van der Waals surface area contributed by atoms with E-state index in [1.165, 1.54) is 18.3 Å². The van der Waals surface area contributed by atoms with E-state index in [9.17, 15) is 9.59 Å². The lowest BCUT2D eigenvalue weighted by Gasteiger charge is -2.39. The average Bonchev–Trinajstić information content (AvgIpc) is 2.85. The van der Waals surface area contributed by atoms with E-state index >= 15 is 0 Å². The van der Waals surface area contributed by atoms with E-state index in [1.54, 1.807) is 5.38 Å². The Balaban J connectivity index is 2.04. The predicted octanol–water partition coefficient (Wildman–Crippen LogP) is 1.27. The van der Waals surface area contributed by atoms with E-state index in [1.807, 2.05) is 4.90 Å². The molecule has 1 unspecified atom stereocenters. The first kappa shape index (κ1) is 14.9. The molecule has 0 radical (unpaired) electrons. The standard InChI is InChI=1S/C13H20N4O2S/c1-4-16-5-6-17(9(2)7-16)12(19)11-8-20-13(15-11)14-10(3)18/h8-9H,4-7H2,1-3H3,(H,14,15,18). The molecule has 0 saturated carbocycles. The third kappa shape index (κ3) is 3.34. The molecular weight excluding hydrogens is 276 g/mol. The molecule has 0 spiro atoms. The number of likely N-dealkylation sites (N-methyl/N-ethyl adjacent to an activating group) is 1. The molecule has 1 aliphatic heterocycles. The smallest absolute Gasteiger partial charge is 0.273 e. The van der Waals surface area contributed by atoms with Crippen LogP contribution >= 0.6 is 11.3 Å². The third-order valence-electron chi connectivity index (χ3n) is 3.43. The van der Waals surface area contributed by atoms with Gasteiger partial charge in [0.05, 0.1) is 0 Å². The van der Waals surface area contributed by atoms with Gasteiger partial charge in [0.2, 0.25) is 5.91 Å².